The molecule has 0 amide bonds. The Labute approximate surface area is 588 Å². The molecule has 476 valence electrons. The predicted molar refractivity (Wildman–Crippen MR) is 384 cm³/mol. The summed E-state index contributed by atoms with van der Waals surface area (Å²) >= 11 is 22.7. The fourth-order valence-electron chi connectivity index (χ4n) is 8.86. The molecule has 8 nitrogen and oxygen atoms in total. The molecular weight excluding hydrogens is 1450 g/mol. The van der Waals surface area contributed by atoms with Crippen molar-refractivity contribution in [3.63, 3.8) is 0 Å². The zero-order valence-electron chi connectivity index (χ0n) is 50.2. The van der Waals surface area contributed by atoms with Crippen molar-refractivity contribution in [3.8, 4) is 18.2 Å². The molecule has 8 aromatic carbocycles. The van der Waals surface area contributed by atoms with Gasteiger partial charge in [0.05, 0.1) is 56.4 Å². The third-order valence-electron chi connectivity index (χ3n) is 13.1. The summed E-state index contributed by atoms with van der Waals surface area (Å²) in [7, 11) is 8.74. The fraction of sp³-hybridized carbons (Fsp3) is 0.0400. The second-order valence-corrected chi connectivity index (χ2v) is 28.0. The van der Waals surface area contributed by atoms with Crippen LogP contribution >= 0.6 is 81.3 Å². The molecule has 0 bridgehead atoms. The van der Waals surface area contributed by atoms with Gasteiger partial charge in [-0.1, -0.05) is 229 Å². The number of rotatable bonds is 9. The molecule has 0 atom stereocenters. The zero-order chi connectivity index (χ0) is 67.7. The van der Waals surface area contributed by atoms with E-state index in [2.05, 4.69) is 207 Å². The van der Waals surface area contributed by atoms with Crippen LogP contribution < -0.4 is 31.8 Å². The van der Waals surface area contributed by atoms with Gasteiger partial charge in [-0.15, -0.1) is 11.6 Å². The molecule has 13 rings (SSSR count). The van der Waals surface area contributed by atoms with Gasteiger partial charge in [0.15, 0.2) is 17.5 Å². The van der Waals surface area contributed by atoms with Gasteiger partial charge in [0.2, 0.25) is 0 Å². The number of nitriles is 3. The standard InChI is InChI=1S/2C18H15P.C16H9ClFN3.C10H7Cl2N.C7H5FN2.C6H2ClFN2.2ClH.Pd/c2*1-4-10-16(11-5-1)19(17-12-6-2-7-13-17)18-14-8-3-9-15-18;17-13-5-11-3-10(1-2-16(11)21-8-13)4-14-6-12(7-19)15(18)9-20-14;11-5-7-1-2-10-8(3-7)4-9(12)6-13-10;1-5-2-6(3-9)7(8)4-10-5;7-6-1-4(2-9)5(8)3-10-6;;;/h2*1-15H;1-3,5-6,8-9H,4H2;1-4,6H,5H2;2,4H,1H3;1,3H;2*1H;/q;;;;;;;;+2/p-2. The molecule has 13 aromatic rings. The molecule has 0 aliphatic rings. The molecule has 0 spiro atoms. The Morgan fingerprint density at radius 3 is 1.06 bits per heavy atom. The number of pyridine rings is 5. The Morgan fingerprint density at radius 2 is 0.716 bits per heavy atom. The second-order valence-electron chi connectivity index (χ2n) is 19.7. The molecule has 20 heteroatoms. The smallest absolute Gasteiger partial charge is 0.0134 e. The van der Waals surface area contributed by atoms with Crippen LogP contribution in [-0.2, 0) is 28.2 Å². The molecule has 0 aliphatic carbocycles. The van der Waals surface area contributed by atoms with Gasteiger partial charge >= 0.3 is 35.0 Å². The molecule has 0 N–H and O–H groups in total. The van der Waals surface area contributed by atoms with Crippen molar-refractivity contribution in [2.24, 2.45) is 0 Å². The van der Waals surface area contributed by atoms with Crippen molar-refractivity contribution >= 4 is 135 Å². The Hall–Kier alpha value is -8.45. The molecular formula is C75H53Cl6F3N8P2Pd. The van der Waals surface area contributed by atoms with Crippen molar-refractivity contribution in [2.75, 3.05) is 0 Å². The van der Waals surface area contributed by atoms with Gasteiger partial charge in [-0.25, -0.2) is 18.2 Å². The van der Waals surface area contributed by atoms with E-state index < -0.39 is 33.3 Å². The summed E-state index contributed by atoms with van der Waals surface area (Å²) in [4.78, 5) is 19.5. The first-order valence-corrected chi connectivity index (χ1v) is 36.7. The van der Waals surface area contributed by atoms with Gasteiger partial charge < -0.3 is 0 Å². The Kier molecular flexibility index (Phi) is 31.2. The summed E-state index contributed by atoms with van der Waals surface area (Å²) in [6, 6.07) is 89.3. The van der Waals surface area contributed by atoms with Crippen molar-refractivity contribution in [1.29, 1.82) is 15.8 Å². The van der Waals surface area contributed by atoms with Crippen LogP contribution in [0.2, 0.25) is 15.2 Å². The Balaban J connectivity index is 0.000000163. The number of hydrogen-bond donors (Lipinski definition) is 0. The number of fused-ring (bicyclic) bond motifs is 2. The van der Waals surface area contributed by atoms with Crippen LogP contribution in [0.25, 0.3) is 21.8 Å². The van der Waals surface area contributed by atoms with Crippen LogP contribution in [0.5, 0.6) is 0 Å². The fourth-order valence-corrected chi connectivity index (χ4v) is 14.1. The minimum absolute atomic E-state index is 0.00509. The van der Waals surface area contributed by atoms with E-state index in [0.29, 0.717) is 33.7 Å². The van der Waals surface area contributed by atoms with Gasteiger partial charge in [-0.3, -0.25) is 19.9 Å². The minimum atomic E-state index is -0.646. The monoisotopic (exact) mass is 1500 g/mol. The minimum Gasteiger partial charge on any atom is -0.0622 e. The Morgan fingerprint density at radius 1 is 0.389 bits per heavy atom. The van der Waals surface area contributed by atoms with Gasteiger partial charge in [-0.2, -0.15) is 15.8 Å². The van der Waals surface area contributed by atoms with Crippen LogP contribution in [0.15, 0.2) is 280 Å². The number of nitrogens with zero attached hydrogens (tertiary/aromatic N) is 8. The maximum absolute atomic E-state index is 13.3. The van der Waals surface area contributed by atoms with Crippen LogP contribution in [0.4, 0.5) is 13.2 Å². The Bertz CT molecular complexity index is 4300. The van der Waals surface area contributed by atoms with Gasteiger partial charge in [-0.05, 0) is 120 Å². The molecule has 0 radical (unpaired) electrons. The zero-order valence-corrected chi connectivity index (χ0v) is 58.0. The van der Waals surface area contributed by atoms with Crippen molar-refractivity contribution in [1.82, 2.24) is 24.9 Å². The molecule has 95 heavy (non-hydrogen) atoms. The van der Waals surface area contributed by atoms with E-state index >= 15 is 0 Å². The SMILES string of the molecule is Cc1cc(C#N)c(F)cn1.ClCc1ccc2ncc(Cl)cc2c1.N#Cc1cc(Cc2ccc3ncc(Cl)cc3c2)ncc1F.N#Cc1cc(Cl)ncc1F.[Cl][Pd][Cl].c1ccc(P(c2ccccc2)c2ccccc2)cc1.c1ccc(P(c2ccccc2)c2ccccc2)cc1. The van der Waals surface area contributed by atoms with E-state index in [0.717, 1.165) is 51.5 Å². The number of aryl methyl sites for hydroxylation is 1. The predicted octanol–water partition coefficient (Wildman–Crippen LogP) is 18.9. The largest absolute Gasteiger partial charge is 0.0622 e. The average Bonchev–Trinajstić information content (AvgIpc) is 0.967. The van der Waals surface area contributed by atoms with E-state index in [-0.39, 0.29) is 37.8 Å². The third-order valence-corrected chi connectivity index (χ3v) is 19.0. The van der Waals surface area contributed by atoms with Crippen molar-refractivity contribution in [3.05, 3.63) is 352 Å². The van der Waals surface area contributed by atoms with E-state index in [1.165, 1.54) is 50.0 Å². The summed E-state index contributed by atoms with van der Waals surface area (Å²) in [5.74, 6) is -1.29. The normalized spacial score (nSPS) is 10.1. The maximum Gasteiger partial charge on any atom is -0.0134 e. The van der Waals surface area contributed by atoms with E-state index in [9.17, 15) is 13.2 Å². The summed E-state index contributed by atoms with van der Waals surface area (Å²) in [5, 5.41) is 37.1. The van der Waals surface area contributed by atoms with Crippen molar-refractivity contribution in [2.45, 2.75) is 19.2 Å². The van der Waals surface area contributed by atoms with Crippen molar-refractivity contribution < 1.29 is 29.1 Å². The number of benzene rings is 8. The number of hydrogen-bond acceptors (Lipinski definition) is 8. The quantitative estimate of drug-likeness (QED) is 0.0603. The average molecular weight is 1500 g/mol. The second kappa shape index (κ2) is 40.1. The molecule has 5 aromatic heterocycles. The van der Waals surface area contributed by atoms with Crippen LogP contribution in [0.1, 0.15) is 39.2 Å². The summed E-state index contributed by atoms with van der Waals surface area (Å²) < 4.78 is 38.2. The summed E-state index contributed by atoms with van der Waals surface area (Å²) in [6.07, 6.45) is 6.80. The number of alkyl halides is 1. The first kappa shape index (κ1) is 74.0. The van der Waals surface area contributed by atoms with Gasteiger partial charge in [0.1, 0.15) is 23.4 Å². The van der Waals surface area contributed by atoms with E-state index in [1.54, 1.807) is 31.5 Å². The number of aromatic nitrogens is 5. The number of halogens is 9. The first-order valence-electron chi connectivity index (χ1n) is 28.4. The maximum atomic E-state index is 13.3. The molecule has 0 saturated heterocycles. The first-order chi connectivity index (χ1) is 46.2. The van der Waals surface area contributed by atoms with E-state index in [1.807, 2.05) is 54.6 Å². The third kappa shape index (κ3) is 23.8. The topological polar surface area (TPSA) is 136 Å². The van der Waals surface area contributed by atoms with Crippen LogP contribution in [0.3, 0.4) is 0 Å². The summed E-state index contributed by atoms with van der Waals surface area (Å²) in [5.41, 5.74) is 5.14. The van der Waals surface area contributed by atoms with Gasteiger partial charge in [0.25, 0.3) is 0 Å². The molecule has 0 fully saturated rings. The van der Waals surface area contributed by atoms with E-state index in [4.69, 9.17) is 81.2 Å². The van der Waals surface area contributed by atoms with Crippen LogP contribution in [0, 0.1) is 58.4 Å². The molecule has 0 aliphatic heterocycles. The molecule has 0 saturated carbocycles. The molecule has 0 unspecified atom stereocenters. The molecule has 5 heterocycles. The van der Waals surface area contributed by atoms with Gasteiger partial charge in [0, 0.05) is 46.9 Å². The summed E-state index contributed by atoms with van der Waals surface area (Å²) in [6.45, 7) is 1.71. The van der Waals surface area contributed by atoms with Crippen LogP contribution in [-0.4, -0.2) is 24.9 Å².